The second kappa shape index (κ2) is 7.47. The quantitative estimate of drug-likeness (QED) is 0.613. The summed E-state index contributed by atoms with van der Waals surface area (Å²) in [7, 11) is 3.09. The number of benzene rings is 2. The van der Waals surface area contributed by atoms with Gasteiger partial charge in [-0.05, 0) is 42.7 Å². The van der Waals surface area contributed by atoms with Gasteiger partial charge in [0.15, 0.2) is 0 Å². The van der Waals surface area contributed by atoms with Gasteiger partial charge in [-0.2, -0.15) is 13.2 Å². The van der Waals surface area contributed by atoms with Gasteiger partial charge < -0.3 is 14.3 Å². The van der Waals surface area contributed by atoms with Crippen LogP contribution >= 0.6 is 0 Å². The van der Waals surface area contributed by atoms with Crippen molar-refractivity contribution in [1.82, 2.24) is 0 Å². The van der Waals surface area contributed by atoms with Crippen molar-refractivity contribution in [2.24, 2.45) is 34.7 Å². The fraction of sp³-hybridized carbons (Fsp3) is 0.400. The van der Waals surface area contributed by atoms with Gasteiger partial charge in [0.2, 0.25) is 11.8 Å². The Labute approximate surface area is 198 Å². The van der Waals surface area contributed by atoms with Crippen LogP contribution < -0.4 is 14.4 Å². The standard InChI is InChI=1S/C25H21F3N2O5/c1-33-13-6-7-14(17(9-13)34-2)21-20-15-10-16(22(20)35-29-21)19-18(15)23(31)30(24(19)32)12-5-3-4-11(8-12)25(26,27)28/h3-9,15-16,18-20,22H,10H2,1-2H3/t15-,16+,18-,19+,20-,22-/m1/s1. The highest BCUT2D eigenvalue weighted by Crippen LogP contribution is 2.62. The summed E-state index contributed by atoms with van der Waals surface area (Å²) in [5, 5.41) is 4.32. The van der Waals surface area contributed by atoms with Crippen LogP contribution in [0.1, 0.15) is 17.5 Å². The number of halogens is 3. The number of nitrogens with zero attached hydrogens (tertiary/aromatic N) is 2. The molecule has 2 heterocycles. The summed E-state index contributed by atoms with van der Waals surface area (Å²) in [5.41, 5.74) is 0.409. The highest BCUT2D eigenvalue weighted by atomic mass is 19.4. The second-order valence-corrected chi connectivity index (χ2v) is 9.31. The van der Waals surface area contributed by atoms with Gasteiger partial charge in [-0.3, -0.25) is 14.5 Å². The third-order valence-electron chi connectivity index (χ3n) is 7.81. The van der Waals surface area contributed by atoms with Crippen molar-refractivity contribution >= 4 is 23.2 Å². The van der Waals surface area contributed by atoms with E-state index in [9.17, 15) is 22.8 Å². The van der Waals surface area contributed by atoms with Crippen LogP contribution in [0, 0.1) is 29.6 Å². The van der Waals surface area contributed by atoms with E-state index < -0.39 is 35.4 Å². The zero-order valence-corrected chi connectivity index (χ0v) is 18.8. The van der Waals surface area contributed by atoms with Gasteiger partial charge in [0.1, 0.15) is 17.6 Å². The Morgan fingerprint density at radius 3 is 2.40 bits per heavy atom. The molecule has 2 aliphatic heterocycles. The zero-order valence-electron chi connectivity index (χ0n) is 18.8. The molecular formula is C25H21F3N2O5. The molecule has 182 valence electrons. The van der Waals surface area contributed by atoms with Crippen molar-refractivity contribution in [3.8, 4) is 11.5 Å². The third-order valence-corrected chi connectivity index (χ3v) is 7.81. The van der Waals surface area contributed by atoms with Gasteiger partial charge in [-0.1, -0.05) is 11.2 Å². The molecule has 35 heavy (non-hydrogen) atoms. The van der Waals surface area contributed by atoms with Crippen LogP contribution in [0.4, 0.5) is 18.9 Å². The van der Waals surface area contributed by atoms with Gasteiger partial charge in [-0.25, -0.2) is 0 Å². The fourth-order valence-electron chi connectivity index (χ4n) is 6.43. The van der Waals surface area contributed by atoms with Gasteiger partial charge >= 0.3 is 6.18 Å². The van der Waals surface area contributed by atoms with Crippen LogP contribution in [0.15, 0.2) is 47.6 Å². The predicted molar refractivity (Wildman–Crippen MR) is 117 cm³/mol. The van der Waals surface area contributed by atoms with E-state index in [1.807, 2.05) is 6.07 Å². The minimum atomic E-state index is -4.58. The summed E-state index contributed by atoms with van der Waals surface area (Å²) in [4.78, 5) is 33.6. The number of rotatable bonds is 4. The van der Waals surface area contributed by atoms with E-state index in [2.05, 4.69) is 5.16 Å². The molecule has 6 rings (SSSR count). The minimum absolute atomic E-state index is 0.0552. The van der Waals surface area contributed by atoms with E-state index in [-0.39, 0.29) is 29.5 Å². The Bertz CT molecular complexity index is 1280. The molecule has 0 spiro atoms. The van der Waals surface area contributed by atoms with Crippen LogP contribution in [0.2, 0.25) is 0 Å². The third kappa shape index (κ3) is 3.01. The second-order valence-electron chi connectivity index (χ2n) is 9.31. The lowest BCUT2D eigenvalue weighted by Crippen LogP contribution is -2.41. The molecule has 4 aliphatic rings. The first-order valence-electron chi connectivity index (χ1n) is 11.3. The molecule has 2 aliphatic carbocycles. The zero-order chi connectivity index (χ0) is 24.6. The molecule has 2 aromatic carbocycles. The molecule has 3 fully saturated rings. The molecule has 2 bridgehead atoms. The maximum atomic E-state index is 13.5. The Morgan fingerprint density at radius 1 is 0.971 bits per heavy atom. The molecule has 7 nitrogen and oxygen atoms in total. The first kappa shape index (κ1) is 21.9. The number of oxime groups is 1. The van der Waals surface area contributed by atoms with Gasteiger partial charge in [0.05, 0.1) is 43.0 Å². The molecule has 6 atom stereocenters. The highest BCUT2D eigenvalue weighted by molar-refractivity contribution is 6.23. The van der Waals surface area contributed by atoms with Gasteiger partial charge in [0, 0.05) is 23.5 Å². The number of methoxy groups -OCH3 is 2. The average molecular weight is 486 g/mol. The monoisotopic (exact) mass is 486 g/mol. The Kier molecular flexibility index (Phi) is 4.68. The lowest BCUT2D eigenvalue weighted by atomic mass is 9.71. The number of carbonyl (C=O) groups excluding carboxylic acids is 2. The van der Waals surface area contributed by atoms with Gasteiger partial charge in [0.25, 0.3) is 0 Å². The van der Waals surface area contributed by atoms with E-state index >= 15 is 0 Å². The Morgan fingerprint density at radius 2 is 1.71 bits per heavy atom. The fourth-order valence-corrected chi connectivity index (χ4v) is 6.43. The number of imide groups is 1. The summed E-state index contributed by atoms with van der Waals surface area (Å²) >= 11 is 0. The molecule has 10 heteroatoms. The smallest absolute Gasteiger partial charge is 0.416 e. The van der Waals surface area contributed by atoms with Crippen LogP contribution in [-0.2, 0) is 20.6 Å². The summed E-state index contributed by atoms with van der Waals surface area (Å²) in [6.45, 7) is 0. The topological polar surface area (TPSA) is 77.4 Å². The average Bonchev–Trinajstić information content (AvgIpc) is 3.58. The van der Waals surface area contributed by atoms with Gasteiger partial charge in [-0.15, -0.1) is 0 Å². The van der Waals surface area contributed by atoms with Crippen LogP contribution in [-0.4, -0.2) is 37.8 Å². The van der Waals surface area contributed by atoms with Crippen LogP contribution in [0.3, 0.4) is 0 Å². The maximum absolute atomic E-state index is 13.5. The molecule has 0 unspecified atom stereocenters. The van der Waals surface area contributed by atoms with E-state index in [1.54, 1.807) is 19.2 Å². The molecule has 0 radical (unpaired) electrons. The number of carbonyl (C=O) groups is 2. The van der Waals surface area contributed by atoms with Crippen molar-refractivity contribution in [2.45, 2.75) is 18.7 Å². The van der Waals surface area contributed by atoms with E-state index in [0.29, 0.717) is 23.6 Å². The molecule has 0 aromatic heterocycles. The largest absolute Gasteiger partial charge is 0.497 e. The minimum Gasteiger partial charge on any atom is -0.497 e. The lowest BCUT2D eigenvalue weighted by Gasteiger charge is -2.30. The SMILES string of the molecule is COc1ccc(C2=NO[C@@H]3[C@H]4C[C@H]([C@H]5C(=O)N(c6cccc(C(F)(F)F)c6)C(=O)[C@@H]45)[C@H]23)c(OC)c1. The lowest BCUT2D eigenvalue weighted by molar-refractivity contribution is -0.137. The number of alkyl halides is 3. The van der Waals surface area contributed by atoms with E-state index in [4.69, 9.17) is 14.3 Å². The van der Waals surface area contributed by atoms with Crippen molar-refractivity contribution in [1.29, 1.82) is 0 Å². The highest BCUT2D eigenvalue weighted by Gasteiger charge is 2.70. The van der Waals surface area contributed by atoms with Crippen molar-refractivity contribution in [2.75, 3.05) is 19.1 Å². The Hall–Kier alpha value is -3.56. The molecule has 2 saturated carbocycles. The van der Waals surface area contributed by atoms with E-state index in [0.717, 1.165) is 22.6 Å². The number of fused-ring (bicyclic) bond motifs is 8. The van der Waals surface area contributed by atoms with Crippen molar-refractivity contribution in [3.05, 3.63) is 53.6 Å². The first-order valence-corrected chi connectivity index (χ1v) is 11.3. The predicted octanol–water partition coefficient (Wildman–Crippen LogP) is 3.90. The number of anilines is 1. The number of ether oxygens (including phenoxy) is 2. The van der Waals surface area contributed by atoms with Crippen LogP contribution in [0.25, 0.3) is 0 Å². The van der Waals surface area contributed by atoms with E-state index in [1.165, 1.54) is 19.2 Å². The molecule has 2 amide bonds. The summed E-state index contributed by atoms with van der Waals surface area (Å²) in [5.74, 6) is -1.70. The number of amides is 2. The molecule has 2 aromatic rings. The summed E-state index contributed by atoms with van der Waals surface area (Å²) in [6, 6.07) is 9.68. The van der Waals surface area contributed by atoms with Crippen LogP contribution in [0.5, 0.6) is 11.5 Å². The van der Waals surface area contributed by atoms with Crippen molar-refractivity contribution < 1.29 is 37.1 Å². The summed E-state index contributed by atoms with van der Waals surface area (Å²) in [6.07, 6.45) is -4.33. The summed E-state index contributed by atoms with van der Waals surface area (Å²) < 4.78 is 50.5. The molecule has 1 saturated heterocycles. The maximum Gasteiger partial charge on any atom is 0.416 e. The molecular weight excluding hydrogens is 465 g/mol. The number of hydrogen-bond acceptors (Lipinski definition) is 6. The number of hydrogen-bond donors (Lipinski definition) is 0. The first-order chi connectivity index (χ1) is 16.7. The molecule has 0 N–H and O–H groups in total. The normalized spacial score (nSPS) is 30.8. The Balaban J connectivity index is 1.34. The van der Waals surface area contributed by atoms with Crippen molar-refractivity contribution in [3.63, 3.8) is 0 Å².